The maximum Gasteiger partial charge on any atom is 0.443 e. The van der Waals surface area contributed by atoms with Crippen molar-refractivity contribution in [2.45, 2.75) is 18.9 Å². The van der Waals surface area contributed by atoms with Gasteiger partial charge in [-0.2, -0.15) is 26.3 Å². The third kappa shape index (κ3) is 2.85. The lowest BCUT2D eigenvalue weighted by Gasteiger charge is -2.04. The molecule has 0 unspecified atom stereocenters. The number of nitrogens with one attached hydrogen (secondary N) is 1. The highest BCUT2D eigenvalue weighted by Gasteiger charge is 2.42. The van der Waals surface area contributed by atoms with Crippen molar-refractivity contribution in [3.8, 4) is 0 Å². The Labute approximate surface area is 90.3 Å². The quantitative estimate of drug-likeness (QED) is 0.831. The van der Waals surface area contributed by atoms with Gasteiger partial charge in [-0.1, -0.05) is 0 Å². The topological polar surface area (TPSA) is 24.9 Å². The second kappa shape index (κ2) is 4.21. The van der Waals surface area contributed by atoms with Crippen LogP contribution in [-0.2, 0) is 18.9 Å². The van der Waals surface area contributed by atoms with E-state index in [2.05, 4.69) is 10.3 Å². The molecule has 9 heteroatoms. The molecule has 0 aliphatic heterocycles. The van der Waals surface area contributed by atoms with Gasteiger partial charge in [-0.25, -0.2) is 4.98 Å². The molecule has 0 fully saturated rings. The number of hydrogen-bond donors (Lipinski definition) is 1. The number of hydrogen-bond acceptors (Lipinski definition) is 3. The van der Waals surface area contributed by atoms with Gasteiger partial charge in [0.15, 0.2) is 10.7 Å². The van der Waals surface area contributed by atoms with Crippen LogP contribution < -0.4 is 5.32 Å². The van der Waals surface area contributed by atoms with Crippen LogP contribution in [0.25, 0.3) is 0 Å². The Balaban J connectivity index is 3.21. The van der Waals surface area contributed by atoms with Crippen molar-refractivity contribution in [2.75, 3.05) is 7.05 Å². The molecule has 1 aromatic rings. The minimum Gasteiger partial charge on any atom is -0.315 e. The second-order valence-corrected chi connectivity index (χ2v) is 3.90. The van der Waals surface area contributed by atoms with Crippen LogP contribution in [0.5, 0.6) is 0 Å². The van der Waals surface area contributed by atoms with E-state index in [-0.39, 0.29) is 17.9 Å². The van der Waals surface area contributed by atoms with Crippen LogP contribution in [0.15, 0.2) is 0 Å². The fourth-order valence-corrected chi connectivity index (χ4v) is 1.94. The van der Waals surface area contributed by atoms with Crippen molar-refractivity contribution in [3.05, 3.63) is 15.6 Å². The van der Waals surface area contributed by atoms with Gasteiger partial charge in [-0.15, -0.1) is 11.3 Å². The predicted octanol–water partition coefficient (Wildman–Crippen LogP) is 2.90. The van der Waals surface area contributed by atoms with E-state index >= 15 is 0 Å². The first kappa shape index (κ1) is 13.2. The average molecular weight is 264 g/mol. The zero-order valence-electron chi connectivity index (χ0n) is 7.83. The largest absolute Gasteiger partial charge is 0.443 e. The predicted molar refractivity (Wildman–Crippen MR) is 44.9 cm³/mol. The summed E-state index contributed by atoms with van der Waals surface area (Å²) in [4.78, 5) is 2.13. The van der Waals surface area contributed by atoms with Gasteiger partial charge < -0.3 is 5.32 Å². The lowest BCUT2D eigenvalue weighted by atomic mass is 10.3. The molecule has 16 heavy (non-hydrogen) atoms. The summed E-state index contributed by atoms with van der Waals surface area (Å²) in [7, 11) is 1.34. The Morgan fingerprint density at radius 1 is 1.12 bits per heavy atom. The minimum absolute atomic E-state index is 0.000718. The number of aromatic nitrogens is 1. The van der Waals surface area contributed by atoms with E-state index in [9.17, 15) is 26.3 Å². The van der Waals surface area contributed by atoms with Crippen molar-refractivity contribution in [1.29, 1.82) is 0 Å². The number of thiazole rings is 1. The van der Waals surface area contributed by atoms with Gasteiger partial charge >= 0.3 is 12.4 Å². The van der Waals surface area contributed by atoms with Crippen LogP contribution in [0.4, 0.5) is 26.3 Å². The summed E-state index contributed by atoms with van der Waals surface area (Å²) in [6, 6.07) is 0. The van der Waals surface area contributed by atoms with Gasteiger partial charge in [0.2, 0.25) is 0 Å². The maximum atomic E-state index is 12.3. The third-order valence-corrected chi connectivity index (χ3v) is 2.65. The Morgan fingerprint density at radius 3 is 2.06 bits per heavy atom. The van der Waals surface area contributed by atoms with Crippen LogP contribution >= 0.6 is 11.3 Å². The molecule has 2 nitrogen and oxygen atoms in total. The molecule has 0 saturated heterocycles. The van der Waals surface area contributed by atoms with Gasteiger partial charge in [0.05, 0.1) is 4.88 Å². The average Bonchev–Trinajstić information content (AvgIpc) is 2.46. The molecule has 92 valence electrons. The van der Waals surface area contributed by atoms with Gasteiger partial charge in [0.25, 0.3) is 0 Å². The summed E-state index contributed by atoms with van der Waals surface area (Å²) in [5.74, 6) is 0. The summed E-state index contributed by atoms with van der Waals surface area (Å²) in [5.41, 5.74) is -1.47. The molecule has 0 aromatic carbocycles. The van der Waals surface area contributed by atoms with Gasteiger partial charge in [0, 0.05) is 6.54 Å². The maximum absolute atomic E-state index is 12.3. The van der Waals surface area contributed by atoms with E-state index in [1.807, 2.05) is 0 Å². The van der Waals surface area contributed by atoms with Crippen LogP contribution in [0.2, 0.25) is 0 Å². The molecule has 1 aromatic heterocycles. The highest BCUT2D eigenvalue weighted by Crippen LogP contribution is 2.39. The summed E-state index contributed by atoms with van der Waals surface area (Å²) in [6.07, 6.45) is -9.72. The second-order valence-electron chi connectivity index (χ2n) is 2.82. The lowest BCUT2D eigenvalue weighted by molar-refractivity contribution is -0.147. The Morgan fingerprint density at radius 2 is 1.69 bits per heavy atom. The zero-order valence-corrected chi connectivity index (χ0v) is 8.65. The summed E-state index contributed by atoms with van der Waals surface area (Å²) in [5, 5.41) is 0.883. The van der Waals surface area contributed by atoms with E-state index in [0.29, 0.717) is 0 Å². The first-order valence-electron chi connectivity index (χ1n) is 3.95. The van der Waals surface area contributed by atoms with E-state index in [4.69, 9.17) is 0 Å². The number of halogens is 6. The highest BCUT2D eigenvalue weighted by atomic mass is 32.1. The molecule has 0 amide bonds. The van der Waals surface area contributed by atoms with E-state index in [1.165, 1.54) is 7.05 Å². The van der Waals surface area contributed by atoms with Crippen molar-refractivity contribution >= 4 is 11.3 Å². The van der Waals surface area contributed by atoms with E-state index < -0.39 is 27.9 Å². The van der Waals surface area contributed by atoms with Crippen LogP contribution in [-0.4, -0.2) is 12.0 Å². The number of nitrogens with zero attached hydrogens (tertiary/aromatic N) is 1. The molecule has 1 N–H and O–H groups in total. The van der Waals surface area contributed by atoms with Crippen LogP contribution in [0, 0.1) is 0 Å². The lowest BCUT2D eigenvalue weighted by Crippen LogP contribution is -2.13. The Bertz CT molecular complexity index is 366. The van der Waals surface area contributed by atoms with E-state index in [1.54, 1.807) is 0 Å². The molecule has 0 saturated carbocycles. The van der Waals surface area contributed by atoms with Crippen molar-refractivity contribution in [2.24, 2.45) is 0 Å². The molecule has 0 aliphatic carbocycles. The number of rotatable bonds is 2. The molecule has 0 atom stereocenters. The summed E-state index contributed by atoms with van der Waals surface area (Å²) in [6.45, 7) is -0.303. The normalized spacial score (nSPS) is 13.2. The van der Waals surface area contributed by atoms with Crippen molar-refractivity contribution in [1.82, 2.24) is 10.3 Å². The molecule has 0 radical (unpaired) electrons. The fraction of sp³-hybridized carbons (Fsp3) is 0.571. The summed E-state index contributed by atoms with van der Waals surface area (Å²) >= 11 is -0.000718. The number of alkyl halides is 6. The smallest absolute Gasteiger partial charge is 0.315 e. The van der Waals surface area contributed by atoms with Gasteiger partial charge in [-0.05, 0) is 7.05 Å². The SMILES string of the molecule is CNCc1sc(C(F)(F)F)nc1C(F)(F)F. The molecule has 0 spiro atoms. The minimum atomic E-state index is -4.87. The molecule has 1 heterocycles. The zero-order chi connectivity index (χ0) is 12.6. The first-order chi connectivity index (χ1) is 7.16. The molecule has 0 aliphatic rings. The monoisotopic (exact) mass is 264 g/mol. The van der Waals surface area contributed by atoms with Gasteiger partial charge in [0.1, 0.15) is 0 Å². The van der Waals surface area contributed by atoms with Crippen LogP contribution in [0.3, 0.4) is 0 Å². The van der Waals surface area contributed by atoms with E-state index in [0.717, 1.165) is 0 Å². The molecular weight excluding hydrogens is 258 g/mol. The van der Waals surface area contributed by atoms with Crippen molar-refractivity contribution in [3.63, 3.8) is 0 Å². The fourth-order valence-electron chi connectivity index (χ4n) is 0.975. The standard InChI is InChI=1S/C7H6F6N2S/c1-14-2-3-4(6(8,9)10)15-5(16-3)7(11,12)13/h14H,2H2,1H3. The first-order valence-corrected chi connectivity index (χ1v) is 4.76. The Hall–Kier alpha value is -0.830. The van der Waals surface area contributed by atoms with Gasteiger partial charge in [-0.3, -0.25) is 0 Å². The summed E-state index contributed by atoms with van der Waals surface area (Å²) < 4.78 is 73.5. The third-order valence-electron chi connectivity index (χ3n) is 1.55. The van der Waals surface area contributed by atoms with Crippen LogP contribution in [0.1, 0.15) is 15.6 Å². The molecule has 1 rings (SSSR count). The Kier molecular flexibility index (Phi) is 3.48. The molecule has 0 bridgehead atoms. The molecular formula is C7H6F6N2S. The highest BCUT2D eigenvalue weighted by molar-refractivity contribution is 7.11. The van der Waals surface area contributed by atoms with Crippen molar-refractivity contribution < 1.29 is 26.3 Å².